The van der Waals surface area contributed by atoms with E-state index in [0.717, 1.165) is 37.8 Å². The molecule has 0 bridgehead atoms. The lowest BCUT2D eigenvalue weighted by Crippen LogP contribution is -2.22. The molecule has 0 unspecified atom stereocenters. The summed E-state index contributed by atoms with van der Waals surface area (Å²) in [6, 6.07) is 18.6. The predicted octanol–water partition coefficient (Wildman–Crippen LogP) is 6.12. The van der Waals surface area contributed by atoms with Gasteiger partial charge in [0.15, 0.2) is 6.61 Å². The van der Waals surface area contributed by atoms with Crippen LogP contribution in [0.15, 0.2) is 65.1 Å². The van der Waals surface area contributed by atoms with E-state index < -0.39 is 12.6 Å². The second-order valence-electron chi connectivity index (χ2n) is 8.27. The molecule has 0 saturated carbocycles. The van der Waals surface area contributed by atoms with Crippen LogP contribution in [0.2, 0.25) is 5.02 Å². The molecule has 0 saturated heterocycles. The van der Waals surface area contributed by atoms with Crippen LogP contribution >= 0.6 is 27.5 Å². The largest absolute Gasteiger partial charge is 0.482 e. The third-order valence-electron chi connectivity index (χ3n) is 5.98. The predicted molar refractivity (Wildman–Crippen MR) is 140 cm³/mol. The smallest absolute Gasteiger partial charge is 0.341 e. The van der Waals surface area contributed by atoms with Crippen LogP contribution in [0, 0.1) is 13.8 Å². The number of aliphatic carboxylic acids is 1. The number of aryl methyl sites for hydroxylation is 1. The maximum absolute atomic E-state index is 12.8. The monoisotopic (exact) mass is 554 g/mol. The van der Waals surface area contributed by atoms with Gasteiger partial charge in [-0.2, -0.15) is 0 Å². The fourth-order valence-corrected chi connectivity index (χ4v) is 4.40. The molecular formula is C27H24BrClN2O4. The number of carboxylic acid groups (broad SMARTS) is 1. The van der Waals surface area contributed by atoms with Crippen LogP contribution in [-0.4, -0.2) is 28.2 Å². The quantitative estimate of drug-likeness (QED) is 0.275. The zero-order valence-corrected chi connectivity index (χ0v) is 21.6. The van der Waals surface area contributed by atoms with Crippen LogP contribution in [0.5, 0.6) is 5.75 Å². The molecule has 0 fully saturated rings. The van der Waals surface area contributed by atoms with Gasteiger partial charge >= 0.3 is 5.97 Å². The summed E-state index contributed by atoms with van der Waals surface area (Å²) in [4.78, 5) is 23.6. The van der Waals surface area contributed by atoms with Crippen LogP contribution in [0.1, 0.15) is 32.7 Å². The normalized spacial score (nSPS) is 11.0. The van der Waals surface area contributed by atoms with Gasteiger partial charge in [0.1, 0.15) is 5.75 Å². The zero-order chi connectivity index (χ0) is 25.1. The topological polar surface area (TPSA) is 80.6 Å². The maximum Gasteiger partial charge on any atom is 0.341 e. The number of aromatic nitrogens is 1. The lowest BCUT2D eigenvalue weighted by atomic mass is 10.1. The molecule has 1 amide bonds. The Bertz CT molecular complexity index is 1410. The van der Waals surface area contributed by atoms with Gasteiger partial charge in [-0.25, -0.2) is 4.79 Å². The Balaban J connectivity index is 1.57. The molecule has 4 rings (SSSR count). The number of amides is 1. The van der Waals surface area contributed by atoms with E-state index in [1.807, 2.05) is 56.3 Å². The minimum atomic E-state index is -1.04. The van der Waals surface area contributed by atoms with Crippen molar-refractivity contribution in [2.24, 2.45) is 0 Å². The van der Waals surface area contributed by atoms with E-state index in [-0.39, 0.29) is 5.91 Å². The number of carboxylic acids is 1. The number of carbonyl (C=O) groups is 2. The highest BCUT2D eigenvalue weighted by molar-refractivity contribution is 9.10. The molecule has 0 aliphatic heterocycles. The van der Waals surface area contributed by atoms with Gasteiger partial charge in [-0.1, -0.05) is 39.7 Å². The van der Waals surface area contributed by atoms with Gasteiger partial charge in [-0.3, -0.25) is 4.79 Å². The molecule has 1 aromatic heterocycles. The van der Waals surface area contributed by atoms with Crippen LogP contribution in [0.3, 0.4) is 0 Å². The van der Waals surface area contributed by atoms with Crippen molar-refractivity contribution in [3.8, 4) is 5.75 Å². The van der Waals surface area contributed by atoms with Crippen molar-refractivity contribution in [2.45, 2.75) is 26.9 Å². The molecule has 1 heterocycles. The Morgan fingerprint density at radius 1 is 1.06 bits per heavy atom. The lowest BCUT2D eigenvalue weighted by Gasteiger charge is -2.12. The number of carbonyl (C=O) groups excluding carboxylic acids is 1. The van der Waals surface area contributed by atoms with E-state index in [1.54, 1.807) is 18.2 Å². The molecule has 0 radical (unpaired) electrons. The van der Waals surface area contributed by atoms with Crippen molar-refractivity contribution >= 4 is 50.3 Å². The summed E-state index contributed by atoms with van der Waals surface area (Å²) >= 11 is 9.85. The standard InChI is InChI=1S/C27H24BrClN2O4/c1-16-17(2)31(14-20-11-22(8-9-24(20)29)35-15-26(32)33)25-10-5-19(12-23(16)25)27(34)30-13-18-3-6-21(28)7-4-18/h3-12H,13-15H2,1-2H3,(H,30,34)(H,32,33). The number of halogens is 2. The number of hydrogen-bond acceptors (Lipinski definition) is 3. The zero-order valence-electron chi connectivity index (χ0n) is 19.3. The third-order valence-corrected chi connectivity index (χ3v) is 6.87. The number of rotatable bonds is 8. The van der Waals surface area contributed by atoms with E-state index >= 15 is 0 Å². The summed E-state index contributed by atoms with van der Waals surface area (Å²) < 4.78 is 8.44. The Kier molecular flexibility index (Phi) is 7.48. The third kappa shape index (κ3) is 5.69. The Labute approximate surface area is 216 Å². The number of fused-ring (bicyclic) bond motifs is 1. The van der Waals surface area contributed by atoms with Crippen LogP contribution in [0.25, 0.3) is 10.9 Å². The molecular weight excluding hydrogens is 532 g/mol. The number of benzene rings is 3. The van der Waals surface area contributed by atoms with Crippen molar-refractivity contribution in [3.05, 3.63) is 98.1 Å². The minimum absolute atomic E-state index is 0.133. The Morgan fingerprint density at radius 2 is 1.80 bits per heavy atom. The molecule has 4 aromatic rings. The Morgan fingerprint density at radius 3 is 2.51 bits per heavy atom. The van der Waals surface area contributed by atoms with Gasteiger partial charge in [0.05, 0.1) is 0 Å². The van der Waals surface area contributed by atoms with E-state index in [4.69, 9.17) is 21.4 Å². The summed E-state index contributed by atoms with van der Waals surface area (Å²) in [7, 11) is 0. The van der Waals surface area contributed by atoms with E-state index in [0.29, 0.717) is 29.4 Å². The molecule has 180 valence electrons. The van der Waals surface area contributed by atoms with Crippen molar-refractivity contribution in [3.63, 3.8) is 0 Å². The first-order chi connectivity index (χ1) is 16.7. The summed E-state index contributed by atoms with van der Waals surface area (Å²) in [5, 5.41) is 13.4. The minimum Gasteiger partial charge on any atom is -0.482 e. The molecule has 0 spiro atoms. The molecule has 6 nitrogen and oxygen atoms in total. The summed E-state index contributed by atoms with van der Waals surface area (Å²) in [6.45, 7) is 4.57. The van der Waals surface area contributed by atoms with Crippen LogP contribution < -0.4 is 10.1 Å². The summed E-state index contributed by atoms with van der Waals surface area (Å²) in [6.07, 6.45) is 0. The number of nitrogens with one attached hydrogen (secondary N) is 1. The summed E-state index contributed by atoms with van der Waals surface area (Å²) in [5.41, 5.74) is 5.55. The second kappa shape index (κ2) is 10.5. The van der Waals surface area contributed by atoms with Gasteiger partial charge < -0.3 is 19.7 Å². The first-order valence-electron chi connectivity index (χ1n) is 11.0. The average Bonchev–Trinajstić information content (AvgIpc) is 3.08. The van der Waals surface area contributed by atoms with Crippen molar-refractivity contribution in [2.75, 3.05) is 6.61 Å². The van der Waals surface area contributed by atoms with Gasteiger partial charge in [0, 0.05) is 44.7 Å². The van der Waals surface area contributed by atoms with Crippen molar-refractivity contribution in [1.29, 1.82) is 0 Å². The van der Waals surface area contributed by atoms with E-state index in [9.17, 15) is 9.59 Å². The SMILES string of the molecule is Cc1c(C)n(Cc2cc(OCC(=O)O)ccc2Cl)c2ccc(C(=O)NCc3ccc(Br)cc3)cc12. The molecule has 0 aliphatic rings. The van der Waals surface area contributed by atoms with Crippen LogP contribution in [0.4, 0.5) is 0 Å². The van der Waals surface area contributed by atoms with Gasteiger partial charge in [-0.15, -0.1) is 0 Å². The maximum atomic E-state index is 12.8. The highest BCUT2D eigenvalue weighted by Crippen LogP contribution is 2.30. The number of hydrogen-bond donors (Lipinski definition) is 2. The number of nitrogens with zero attached hydrogens (tertiary/aromatic N) is 1. The fourth-order valence-electron chi connectivity index (χ4n) is 3.96. The van der Waals surface area contributed by atoms with E-state index in [2.05, 4.69) is 25.8 Å². The van der Waals surface area contributed by atoms with Crippen molar-refractivity contribution in [1.82, 2.24) is 9.88 Å². The summed E-state index contributed by atoms with van der Waals surface area (Å²) in [5.74, 6) is -0.727. The molecule has 35 heavy (non-hydrogen) atoms. The fraction of sp³-hybridized carbons (Fsp3) is 0.185. The van der Waals surface area contributed by atoms with Gasteiger partial charge in [0.2, 0.25) is 0 Å². The first kappa shape index (κ1) is 24.8. The molecule has 0 aliphatic carbocycles. The molecule has 0 atom stereocenters. The first-order valence-corrected chi connectivity index (χ1v) is 12.1. The highest BCUT2D eigenvalue weighted by atomic mass is 79.9. The van der Waals surface area contributed by atoms with Gasteiger partial charge in [0.25, 0.3) is 5.91 Å². The van der Waals surface area contributed by atoms with Crippen molar-refractivity contribution < 1.29 is 19.4 Å². The van der Waals surface area contributed by atoms with Crippen LogP contribution in [-0.2, 0) is 17.9 Å². The second-order valence-corrected chi connectivity index (χ2v) is 9.60. The Hall–Kier alpha value is -3.29. The highest BCUT2D eigenvalue weighted by Gasteiger charge is 2.16. The average molecular weight is 556 g/mol. The molecule has 8 heteroatoms. The lowest BCUT2D eigenvalue weighted by molar-refractivity contribution is -0.139. The molecule has 3 aromatic carbocycles. The van der Waals surface area contributed by atoms with Gasteiger partial charge in [-0.05, 0) is 79.1 Å². The molecule has 2 N–H and O–H groups in total. The number of ether oxygens (including phenoxy) is 1. The van der Waals surface area contributed by atoms with E-state index in [1.165, 1.54) is 0 Å².